The van der Waals surface area contributed by atoms with Gasteiger partial charge in [-0.3, -0.25) is 4.90 Å². The summed E-state index contributed by atoms with van der Waals surface area (Å²) in [6.07, 6.45) is 3.00. The smallest absolute Gasteiger partial charge is 0.348 e. The number of benzene rings is 2. The minimum absolute atomic E-state index is 0.289. The molecule has 0 unspecified atom stereocenters. The van der Waals surface area contributed by atoms with Crippen LogP contribution in [-0.2, 0) is 28.5 Å². The number of rotatable bonds is 11. The fourth-order valence-electron chi connectivity index (χ4n) is 5.71. The molecule has 6 rings (SSSR count). The van der Waals surface area contributed by atoms with Crippen LogP contribution in [0.15, 0.2) is 48.5 Å². The molecule has 1 atom stereocenters. The molecule has 2 aromatic heterocycles. The number of hydrogen-bond donors (Lipinski definition) is 0. The van der Waals surface area contributed by atoms with Gasteiger partial charge in [0.2, 0.25) is 0 Å². The van der Waals surface area contributed by atoms with E-state index in [1.165, 1.54) is 17.4 Å². The molecule has 4 aromatic rings. The van der Waals surface area contributed by atoms with Gasteiger partial charge in [0.25, 0.3) is 5.79 Å². The van der Waals surface area contributed by atoms with Crippen LogP contribution < -0.4 is 9.47 Å². The molecule has 0 fully saturated rings. The van der Waals surface area contributed by atoms with Gasteiger partial charge in [-0.2, -0.15) is 0 Å². The third-order valence-electron chi connectivity index (χ3n) is 8.22. The predicted octanol–water partition coefficient (Wildman–Crippen LogP) is 8.31. The fraction of sp³-hybridized carbons (Fsp3) is 0.412. The van der Waals surface area contributed by atoms with E-state index >= 15 is 0 Å². The van der Waals surface area contributed by atoms with Crippen LogP contribution in [0.25, 0.3) is 15.9 Å². The van der Waals surface area contributed by atoms with E-state index in [0.29, 0.717) is 54.4 Å². The van der Waals surface area contributed by atoms with E-state index in [0.717, 1.165) is 46.3 Å². The molecule has 12 heteroatoms. The van der Waals surface area contributed by atoms with Crippen LogP contribution in [0.5, 0.6) is 11.5 Å². The Morgan fingerprint density at radius 1 is 1.20 bits per heavy atom. The monoisotopic (exact) mass is 683 g/mol. The summed E-state index contributed by atoms with van der Waals surface area (Å²) in [4.78, 5) is 21.1. The zero-order valence-corrected chi connectivity index (χ0v) is 29.4. The van der Waals surface area contributed by atoms with E-state index in [1.807, 2.05) is 24.3 Å². The molecule has 0 amide bonds. The maximum absolute atomic E-state index is 14.8. The summed E-state index contributed by atoms with van der Waals surface area (Å²) in [5.74, 6) is -0.0119. The van der Waals surface area contributed by atoms with Gasteiger partial charge in [0, 0.05) is 45.3 Å². The minimum Gasteiger partial charge on any atom is -0.462 e. The average molecular weight is 684 g/mol. The van der Waals surface area contributed by atoms with Crippen molar-refractivity contribution in [3.05, 3.63) is 81.2 Å². The summed E-state index contributed by atoms with van der Waals surface area (Å²) in [5.41, 5.74) is 3.27. The van der Waals surface area contributed by atoms with Crippen molar-refractivity contribution in [3.8, 4) is 11.5 Å². The SMILES string of the molecule is CCOC(=O)c1cc2c(nc(CN3CC=C(c4cccc5c4O[C@](C)(c4ccc(Cl)cc4F)O5)CC3)n2COCC[Si](C)(C)C)s1. The Balaban J connectivity index is 1.19. The normalized spacial score (nSPS) is 18.3. The van der Waals surface area contributed by atoms with Gasteiger partial charge in [0.1, 0.15) is 28.1 Å². The van der Waals surface area contributed by atoms with Crippen molar-refractivity contribution in [2.75, 3.05) is 26.3 Å². The largest absolute Gasteiger partial charge is 0.462 e. The zero-order valence-electron chi connectivity index (χ0n) is 26.8. The number of nitrogens with zero attached hydrogens (tertiary/aromatic N) is 3. The third kappa shape index (κ3) is 6.89. The summed E-state index contributed by atoms with van der Waals surface area (Å²) in [7, 11) is -1.23. The molecule has 4 heterocycles. The summed E-state index contributed by atoms with van der Waals surface area (Å²) in [6.45, 7) is 14.1. The fourth-order valence-corrected chi connectivity index (χ4v) is 7.57. The molecule has 0 saturated heterocycles. The van der Waals surface area contributed by atoms with Crippen molar-refractivity contribution in [1.29, 1.82) is 0 Å². The first-order valence-corrected chi connectivity index (χ1v) is 20.5. The zero-order chi connectivity index (χ0) is 32.6. The highest BCUT2D eigenvalue weighted by Gasteiger charge is 2.42. The minimum atomic E-state index is -1.30. The number of esters is 1. The van der Waals surface area contributed by atoms with Crippen molar-refractivity contribution in [2.24, 2.45) is 0 Å². The third-order valence-corrected chi connectivity index (χ3v) is 11.2. The molecule has 2 aromatic carbocycles. The Morgan fingerprint density at radius 3 is 2.74 bits per heavy atom. The molecule has 2 aliphatic heterocycles. The number of halogens is 2. The number of fused-ring (bicyclic) bond motifs is 2. The first-order chi connectivity index (χ1) is 21.9. The van der Waals surface area contributed by atoms with Crippen LogP contribution in [-0.4, -0.2) is 54.8 Å². The number of ether oxygens (including phenoxy) is 4. The average Bonchev–Trinajstić information content (AvgIpc) is 3.66. The molecule has 0 aliphatic carbocycles. The predicted molar refractivity (Wildman–Crippen MR) is 182 cm³/mol. The highest BCUT2D eigenvalue weighted by atomic mass is 35.5. The summed E-state index contributed by atoms with van der Waals surface area (Å²) in [5, 5.41) is 0.316. The van der Waals surface area contributed by atoms with E-state index in [1.54, 1.807) is 26.0 Å². The molecular weight excluding hydrogens is 645 g/mol. The highest BCUT2D eigenvalue weighted by Crippen LogP contribution is 2.49. The van der Waals surface area contributed by atoms with Crippen LogP contribution in [0.3, 0.4) is 0 Å². The van der Waals surface area contributed by atoms with Gasteiger partial charge in [-0.25, -0.2) is 14.2 Å². The van der Waals surface area contributed by atoms with Crippen LogP contribution in [0.1, 0.15) is 46.9 Å². The first-order valence-electron chi connectivity index (χ1n) is 15.6. The molecule has 0 bridgehead atoms. The summed E-state index contributed by atoms with van der Waals surface area (Å²) < 4.78 is 40.8. The lowest BCUT2D eigenvalue weighted by Gasteiger charge is -2.27. The molecule has 244 valence electrons. The van der Waals surface area contributed by atoms with Crippen molar-refractivity contribution in [3.63, 3.8) is 0 Å². The first kappa shape index (κ1) is 32.7. The standard InChI is InChI=1S/C34H39ClFN3O5SSi/c1-6-42-33(40)29-19-27-32(45-29)37-30(39(27)21-41-16-17-46(3,4)5)20-38-14-12-22(13-15-38)24-8-7-9-28-31(24)44-34(2,43-28)25-11-10-23(35)18-26(25)36/h7-12,18-19H,6,13-17,20-21H2,1-5H3/t34-/m1/s1. The number of carbonyl (C=O) groups excluding carboxylic acids is 1. The highest BCUT2D eigenvalue weighted by molar-refractivity contribution is 7.20. The topological polar surface area (TPSA) is 75.0 Å². The van der Waals surface area contributed by atoms with Gasteiger partial charge < -0.3 is 23.5 Å². The van der Waals surface area contributed by atoms with Crippen molar-refractivity contribution in [1.82, 2.24) is 14.5 Å². The van der Waals surface area contributed by atoms with Gasteiger partial charge in [0.05, 0.1) is 24.2 Å². The van der Waals surface area contributed by atoms with Crippen LogP contribution in [0.4, 0.5) is 4.39 Å². The van der Waals surface area contributed by atoms with Gasteiger partial charge in [-0.1, -0.05) is 49.5 Å². The van der Waals surface area contributed by atoms with Gasteiger partial charge in [-0.05, 0) is 55.3 Å². The number of imidazole rings is 1. The van der Waals surface area contributed by atoms with E-state index < -0.39 is 19.7 Å². The molecule has 0 radical (unpaired) electrons. The Kier molecular flexibility index (Phi) is 9.33. The second kappa shape index (κ2) is 13.1. The number of hydrogen-bond acceptors (Lipinski definition) is 8. The Labute approximate surface area is 278 Å². The lowest BCUT2D eigenvalue weighted by Crippen LogP contribution is -2.32. The van der Waals surface area contributed by atoms with E-state index in [4.69, 9.17) is 35.5 Å². The second-order valence-electron chi connectivity index (χ2n) is 12.9. The van der Waals surface area contributed by atoms with Gasteiger partial charge >= 0.3 is 5.97 Å². The summed E-state index contributed by atoms with van der Waals surface area (Å²) >= 11 is 7.34. The van der Waals surface area contributed by atoms with E-state index in [9.17, 15) is 9.18 Å². The van der Waals surface area contributed by atoms with Crippen LogP contribution in [0, 0.1) is 5.82 Å². The maximum Gasteiger partial charge on any atom is 0.348 e. The quantitative estimate of drug-likeness (QED) is 0.0894. The van der Waals surface area contributed by atoms with Crippen molar-refractivity contribution in [2.45, 2.75) is 65.0 Å². The number of aromatic nitrogens is 2. The van der Waals surface area contributed by atoms with Gasteiger partial charge in [-0.15, -0.1) is 11.3 Å². The van der Waals surface area contributed by atoms with E-state index in [-0.39, 0.29) is 11.5 Å². The Hall–Kier alpha value is -3.22. The molecule has 2 aliphatic rings. The van der Waals surface area contributed by atoms with Crippen molar-refractivity contribution >= 4 is 52.9 Å². The Bertz CT molecular complexity index is 1800. The number of para-hydroxylation sites is 1. The molecule has 0 saturated carbocycles. The summed E-state index contributed by atoms with van der Waals surface area (Å²) in [6, 6.07) is 13.2. The van der Waals surface area contributed by atoms with Crippen LogP contribution >= 0.6 is 22.9 Å². The Morgan fingerprint density at radius 2 is 2.02 bits per heavy atom. The van der Waals surface area contributed by atoms with E-state index in [2.05, 4.69) is 35.2 Å². The van der Waals surface area contributed by atoms with Gasteiger partial charge in [0.15, 0.2) is 11.5 Å². The molecule has 0 spiro atoms. The molecular formula is C34H39ClFN3O5SSi. The molecule has 8 nitrogen and oxygen atoms in total. The maximum atomic E-state index is 14.8. The lowest BCUT2D eigenvalue weighted by molar-refractivity contribution is -0.0708. The van der Waals surface area contributed by atoms with Crippen LogP contribution in [0.2, 0.25) is 30.7 Å². The molecule has 0 N–H and O–H groups in total. The lowest BCUT2D eigenvalue weighted by atomic mass is 9.98. The molecule has 46 heavy (non-hydrogen) atoms. The second-order valence-corrected chi connectivity index (χ2v) is 20.0. The van der Waals surface area contributed by atoms with Crippen molar-refractivity contribution < 1.29 is 28.1 Å². The number of thiophene rings is 1. The number of carbonyl (C=O) groups is 1.